The molecule has 0 N–H and O–H groups in total. The number of aromatic nitrogens is 1. The van der Waals surface area contributed by atoms with E-state index in [1.807, 2.05) is 12.4 Å². The fourth-order valence-corrected chi connectivity index (χ4v) is 1.83. The minimum absolute atomic E-state index is 1.22. The van der Waals surface area contributed by atoms with Gasteiger partial charge in [-0.25, -0.2) is 0 Å². The molecule has 0 spiro atoms. The molecular weight excluding hydrogens is 206 g/mol. The molecule has 1 heteroatoms. The van der Waals surface area contributed by atoms with E-state index >= 15 is 0 Å². The molecule has 0 amide bonds. The number of rotatable bonds is 2. The highest BCUT2D eigenvalue weighted by molar-refractivity contribution is 5.72. The summed E-state index contributed by atoms with van der Waals surface area (Å²) in [7, 11) is 0. The van der Waals surface area contributed by atoms with Crippen molar-refractivity contribution in [1.82, 2.24) is 4.98 Å². The molecule has 0 radical (unpaired) electrons. The number of hydrogen-bond acceptors (Lipinski definition) is 1. The van der Waals surface area contributed by atoms with Crippen LogP contribution in [0.25, 0.3) is 12.2 Å². The Kier molecular flexibility index (Phi) is 3.38. The van der Waals surface area contributed by atoms with Crippen LogP contribution in [0.2, 0.25) is 0 Å². The maximum atomic E-state index is 4.18. The predicted octanol–water partition coefficient (Wildman–Crippen LogP) is 4.18. The Morgan fingerprint density at radius 3 is 2.00 bits per heavy atom. The van der Waals surface area contributed by atoms with E-state index in [1.165, 1.54) is 27.8 Å². The summed E-state index contributed by atoms with van der Waals surface area (Å²) in [5.41, 5.74) is 6.21. The zero-order chi connectivity index (χ0) is 12.3. The van der Waals surface area contributed by atoms with Gasteiger partial charge in [-0.3, -0.25) is 4.98 Å². The van der Waals surface area contributed by atoms with E-state index in [0.29, 0.717) is 0 Å². The molecular formula is C16H17N. The highest BCUT2D eigenvalue weighted by Gasteiger charge is 1.98. The molecule has 0 fully saturated rings. The quantitative estimate of drug-likeness (QED) is 0.744. The fraction of sp³-hybridized carbons (Fsp3) is 0.188. The van der Waals surface area contributed by atoms with Crippen molar-refractivity contribution >= 4 is 12.2 Å². The van der Waals surface area contributed by atoms with Gasteiger partial charge in [0.2, 0.25) is 0 Å². The average Bonchev–Trinajstić information content (AvgIpc) is 2.31. The highest BCUT2D eigenvalue weighted by Crippen LogP contribution is 2.15. The minimum Gasteiger partial charge on any atom is -0.264 e. The molecule has 1 nitrogen and oxygen atoms in total. The molecule has 0 unspecified atom stereocenters. The van der Waals surface area contributed by atoms with Crippen LogP contribution in [-0.4, -0.2) is 4.98 Å². The molecule has 0 bridgehead atoms. The molecule has 0 atom stereocenters. The molecule has 2 aromatic rings. The van der Waals surface area contributed by atoms with Crippen LogP contribution in [0.5, 0.6) is 0 Å². The minimum atomic E-state index is 1.22. The van der Waals surface area contributed by atoms with Gasteiger partial charge in [-0.15, -0.1) is 0 Å². The van der Waals surface area contributed by atoms with Gasteiger partial charge in [0.05, 0.1) is 0 Å². The van der Waals surface area contributed by atoms with Crippen molar-refractivity contribution in [3.05, 3.63) is 64.5 Å². The van der Waals surface area contributed by atoms with Gasteiger partial charge in [0, 0.05) is 12.4 Å². The molecule has 17 heavy (non-hydrogen) atoms. The van der Waals surface area contributed by atoms with Crippen LogP contribution in [0.4, 0.5) is 0 Å². The summed E-state index contributed by atoms with van der Waals surface area (Å²) in [5, 5.41) is 0. The van der Waals surface area contributed by atoms with Crippen molar-refractivity contribution in [2.24, 2.45) is 0 Å². The van der Waals surface area contributed by atoms with Crippen LogP contribution < -0.4 is 0 Å². The van der Waals surface area contributed by atoms with E-state index in [9.17, 15) is 0 Å². The lowest BCUT2D eigenvalue weighted by molar-refractivity contribution is 1.21. The summed E-state index contributed by atoms with van der Waals surface area (Å²) in [6.45, 7) is 6.29. The molecule has 0 aliphatic carbocycles. The first-order valence-corrected chi connectivity index (χ1v) is 5.83. The molecule has 1 aromatic heterocycles. The van der Waals surface area contributed by atoms with Gasteiger partial charge < -0.3 is 0 Å². The van der Waals surface area contributed by atoms with Gasteiger partial charge >= 0.3 is 0 Å². The molecule has 2 rings (SSSR count). The van der Waals surface area contributed by atoms with Crippen LogP contribution in [0.3, 0.4) is 0 Å². The second-order valence-corrected chi connectivity index (χ2v) is 4.43. The van der Waals surface area contributed by atoms with Crippen molar-refractivity contribution < 1.29 is 0 Å². The Bertz CT molecular complexity index is 516. The maximum Gasteiger partial charge on any atom is 0.0303 e. The normalized spacial score (nSPS) is 11.0. The molecule has 0 saturated heterocycles. The Morgan fingerprint density at radius 1 is 0.824 bits per heavy atom. The molecule has 0 aliphatic rings. The van der Waals surface area contributed by atoms with Crippen molar-refractivity contribution in [2.45, 2.75) is 20.8 Å². The van der Waals surface area contributed by atoms with Crippen molar-refractivity contribution in [3.63, 3.8) is 0 Å². The SMILES string of the molecule is Cc1ccc(C=Cc2c(C)cncc2C)cc1. The molecule has 0 aliphatic heterocycles. The van der Waals surface area contributed by atoms with E-state index in [4.69, 9.17) is 0 Å². The second-order valence-electron chi connectivity index (χ2n) is 4.43. The predicted molar refractivity (Wildman–Crippen MR) is 73.8 cm³/mol. The van der Waals surface area contributed by atoms with Gasteiger partial charge in [0.15, 0.2) is 0 Å². The number of pyridine rings is 1. The van der Waals surface area contributed by atoms with Gasteiger partial charge in [-0.05, 0) is 43.0 Å². The smallest absolute Gasteiger partial charge is 0.0303 e. The molecule has 86 valence electrons. The van der Waals surface area contributed by atoms with Crippen molar-refractivity contribution in [3.8, 4) is 0 Å². The lowest BCUT2D eigenvalue weighted by atomic mass is 10.0. The van der Waals surface area contributed by atoms with Crippen molar-refractivity contribution in [1.29, 1.82) is 0 Å². The van der Waals surface area contributed by atoms with Gasteiger partial charge in [0.25, 0.3) is 0 Å². The van der Waals surface area contributed by atoms with Crippen LogP contribution in [-0.2, 0) is 0 Å². The topological polar surface area (TPSA) is 12.9 Å². The average molecular weight is 223 g/mol. The first kappa shape index (κ1) is 11.6. The second kappa shape index (κ2) is 4.96. The van der Waals surface area contributed by atoms with Gasteiger partial charge in [-0.1, -0.05) is 42.0 Å². The lowest BCUT2D eigenvalue weighted by Gasteiger charge is -2.03. The van der Waals surface area contributed by atoms with Crippen LogP contribution in [0, 0.1) is 20.8 Å². The van der Waals surface area contributed by atoms with Crippen molar-refractivity contribution in [2.75, 3.05) is 0 Å². The maximum absolute atomic E-state index is 4.18. The van der Waals surface area contributed by atoms with Crippen LogP contribution >= 0.6 is 0 Å². The van der Waals surface area contributed by atoms with Gasteiger partial charge in [0.1, 0.15) is 0 Å². The summed E-state index contributed by atoms with van der Waals surface area (Å²) < 4.78 is 0. The first-order chi connectivity index (χ1) is 8.16. The summed E-state index contributed by atoms with van der Waals surface area (Å²) in [5.74, 6) is 0. The van der Waals surface area contributed by atoms with E-state index < -0.39 is 0 Å². The summed E-state index contributed by atoms with van der Waals surface area (Å²) >= 11 is 0. The van der Waals surface area contributed by atoms with Crippen LogP contribution in [0.15, 0.2) is 36.7 Å². The monoisotopic (exact) mass is 223 g/mol. The number of aryl methyl sites for hydroxylation is 3. The van der Waals surface area contributed by atoms with E-state index in [-0.39, 0.29) is 0 Å². The zero-order valence-electron chi connectivity index (χ0n) is 10.6. The lowest BCUT2D eigenvalue weighted by Crippen LogP contribution is -1.87. The van der Waals surface area contributed by atoms with Gasteiger partial charge in [-0.2, -0.15) is 0 Å². The highest BCUT2D eigenvalue weighted by atomic mass is 14.6. The number of benzene rings is 1. The van der Waals surface area contributed by atoms with Crippen LogP contribution in [0.1, 0.15) is 27.8 Å². The molecule has 1 heterocycles. The Morgan fingerprint density at radius 2 is 1.41 bits per heavy atom. The fourth-order valence-electron chi connectivity index (χ4n) is 1.83. The number of nitrogens with zero attached hydrogens (tertiary/aromatic N) is 1. The van der Waals surface area contributed by atoms with E-state index in [1.54, 1.807) is 0 Å². The number of hydrogen-bond donors (Lipinski definition) is 0. The summed E-state index contributed by atoms with van der Waals surface area (Å²) in [4.78, 5) is 4.18. The Labute approximate surface area is 103 Å². The molecule has 1 aromatic carbocycles. The third-order valence-electron chi connectivity index (χ3n) is 2.91. The third kappa shape index (κ3) is 2.82. The summed E-state index contributed by atoms with van der Waals surface area (Å²) in [6.07, 6.45) is 8.12. The van der Waals surface area contributed by atoms with E-state index in [2.05, 4.69) is 62.2 Å². The molecule has 0 saturated carbocycles. The Balaban J connectivity index is 2.29. The van der Waals surface area contributed by atoms with E-state index in [0.717, 1.165) is 0 Å². The zero-order valence-corrected chi connectivity index (χ0v) is 10.6. The Hall–Kier alpha value is -1.89. The third-order valence-corrected chi connectivity index (χ3v) is 2.91. The largest absolute Gasteiger partial charge is 0.264 e. The summed E-state index contributed by atoms with van der Waals surface area (Å²) in [6, 6.07) is 8.53. The standard InChI is InChI=1S/C16H17N/c1-12-4-6-15(7-5-12)8-9-16-13(2)10-17-11-14(16)3/h4-11H,1-3H3. The first-order valence-electron chi connectivity index (χ1n) is 5.83.